The summed E-state index contributed by atoms with van der Waals surface area (Å²) in [5, 5.41) is 9.10. The van der Waals surface area contributed by atoms with E-state index in [0.717, 1.165) is 23.8 Å². The molecule has 2 heterocycles. The average molecular weight is 806 g/mol. The highest BCUT2D eigenvalue weighted by molar-refractivity contribution is 14.1. The van der Waals surface area contributed by atoms with Crippen molar-refractivity contribution in [2.45, 2.75) is 26.0 Å². The van der Waals surface area contributed by atoms with E-state index in [1.54, 1.807) is 28.8 Å². The summed E-state index contributed by atoms with van der Waals surface area (Å²) in [5.74, 6) is -0.771. The Balaban J connectivity index is 1.52. The van der Waals surface area contributed by atoms with Gasteiger partial charge in [0.2, 0.25) is 0 Å². The van der Waals surface area contributed by atoms with Crippen molar-refractivity contribution >= 4 is 74.5 Å². The van der Waals surface area contributed by atoms with Crippen LogP contribution in [0.4, 0.5) is 0 Å². The lowest BCUT2D eigenvalue weighted by atomic mass is 9.95. The Hall–Kier alpha value is -3.30. The van der Waals surface area contributed by atoms with Crippen LogP contribution in [-0.2, 0) is 16.1 Å². The van der Waals surface area contributed by atoms with E-state index in [9.17, 15) is 14.4 Å². The molecule has 42 heavy (non-hydrogen) atoms. The minimum absolute atomic E-state index is 0.222. The minimum atomic E-state index is -0.972. The maximum absolute atomic E-state index is 13.9. The molecule has 0 fully saturated rings. The molecule has 0 spiro atoms. The molecule has 0 saturated carbocycles. The molecule has 8 nitrogen and oxygen atoms in total. The van der Waals surface area contributed by atoms with E-state index in [1.165, 1.54) is 18.4 Å². The third kappa shape index (κ3) is 6.08. The summed E-state index contributed by atoms with van der Waals surface area (Å²) in [5.41, 5.74) is 3.43. The van der Waals surface area contributed by atoms with Crippen molar-refractivity contribution in [1.82, 2.24) is 4.57 Å². The number of ether oxygens (including phenoxy) is 2. The van der Waals surface area contributed by atoms with Gasteiger partial charge in [0.1, 0.15) is 12.4 Å². The van der Waals surface area contributed by atoms with Gasteiger partial charge in [0.05, 0.1) is 41.7 Å². The van der Waals surface area contributed by atoms with Crippen molar-refractivity contribution in [2.75, 3.05) is 7.11 Å². The fraction of sp³-hybridized carbons (Fsp3) is 0.161. The lowest BCUT2D eigenvalue weighted by Gasteiger charge is -2.25. The summed E-state index contributed by atoms with van der Waals surface area (Å²) in [6.07, 6.45) is 2.35. The van der Waals surface area contributed by atoms with Crippen LogP contribution in [0.2, 0.25) is 0 Å². The van der Waals surface area contributed by atoms with Gasteiger partial charge in [-0.15, -0.1) is 0 Å². The molecule has 1 aliphatic rings. The van der Waals surface area contributed by atoms with Gasteiger partial charge < -0.3 is 14.6 Å². The Labute approximate surface area is 272 Å². The number of hydrogen-bond donors (Lipinski definition) is 1. The van der Waals surface area contributed by atoms with Crippen LogP contribution in [0.3, 0.4) is 0 Å². The first-order chi connectivity index (χ1) is 20.2. The number of allylic oxidation sites excluding steroid dienone is 1. The molecule has 1 aromatic heterocycles. The van der Waals surface area contributed by atoms with Gasteiger partial charge in [0.15, 0.2) is 4.80 Å². The first-order valence-corrected chi connectivity index (χ1v) is 15.8. The molecule has 11 heteroatoms. The molecule has 4 aromatic rings. The summed E-state index contributed by atoms with van der Waals surface area (Å²) >= 11 is 5.70. The van der Waals surface area contributed by atoms with Gasteiger partial charge in [-0.25, -0.2) is 14.6 Å². The molecular weight excluding hydrogens is 782 g/mol. The number of aromatic carboxylic acids is 1. The van der Waals surface area contributed by atoms with E-state index in [-0.39, 0.29) is 17.7 Å². The molecule has 0 saturated heterocycles. The zero-order valence-corrected chi connectivity index (χ0v) is 27.6. The molecule has 0 unspecified atom stereocenters. The molecule has 0 amide bonds. The van der Waals surface area contributed by atoms with E-state index in [2.05, 4.69) is 45.2 Å². The number of thiazole rings is 1. The van der Waals surface area contributed by atoms with E-state index in [4.69, 9.17) is 19.6 Å². The zero-order chi connectivity index (χ0) is 30.0. The van der Waals surface area contributed by atoms with E-state index in [0.29, 0.717) is 32.8 Å². The summed E-state index contributed by atoms with van der Waals surface area (Å²) in [7, 11) is 1.33. The van der Waals surface area contributed by atoms with Crippen LogP contribution in [0.5, 0.6) is 5.75 Å². The maximum Gasteiger partial charge on any atom is 0.338 e. The summed E-state index contributed by atoms with van der Waals surface area (Å²) in [4.78, 5) is 43.1. The first kappa shape index (κ1) is 30.2. The second kappa shape index (κ2) is 12.9. The molecule has 1 atom stereocenters. The van der Waals surface area contributed by atoms with Gasteiger partial charge in [-0.2, -0.15) is 0 Å². The highest BCUT2D eigenvalue weighted by atomic mass is 127. The molecule has 0 radical (unpaired) electrons. The number of carbonyl (C=O) groups excluding carboxylic acids is 1. The van der Waals surface area contributed by atoms with Crippen molar-refractivity contribution in [2.24, 2.45) is 4.99 Å². The van der Waals surface area contributed by atoms with Crippen molar-refractivity contribution < 1.29 is 24.2 Å². The molecule has 0 aliphatic carbocycles. The van der Waals surface area contributed by atoms with Crippen molar-refractivity contribution in [1.29, 1.82) is 0 Å². The second-order valence-electron chi connectivity index (χ2n) is 9.30. The summed E-state index contributed by atoms with van der Waals surface area (Å²) < 4.78 is 15.0. The average Bonchev–Trinajstić information content (AvgIpc) is 3.30. The van der Waals surface area contributed by atoms with Crippen LogP contribution in [0.1, 0.15) is 46.4 Å². The van der Waals surface area contributed by atoms with Crippen LogP contribution >= 0.6 is 56.5 Å². The van der Waals surface area contributed by atoms with Crippen molar-refractivity contribution in [3.8, 4) is 5.75 Å². The number of nitrogens with zero attached hydrogens (tertiary/aromatic N) is 2. The number of carboxylic acid groups (broad SMARTS) is 1. The number of halogens is 2. The number of carboxylic acids is 1. The lowest BCUT2D eigenvalue weighted by molar-refractivity contribution is -0.136. The smallest absolute Gasteiger partial charge is 0.338 e. The van der Waals surface area contributed by atoms with Crippen LogP contribution in [0.25, 0.3) is 6.08 Å². The van der Waals surface area contributed by atoms with Crippen LogP contribution in [0.15, 0.2) is 87.8 Å². The zero-order valence-electron chi connectivity index (χ0n) is 22.5. The predicted octanol–water partition coefficient (Wildman–Crippen LogP) is 5.28. The maximum atomic E-state index is 13.9. The first-order valence-electron chi connectivity index (χ1n) is 12.8. The largest absolute Gasteiger partial charge is 0.487 e. The van der Waals surface area contributed by atoms with Crippen molar-refractivity contribution in [3.63, 3.8) is 0 Å². The molecule has 0 bridgehead atoms. The molecule has 5 rings (SSSR count). The normalized spacial score (nSPS) is 14.8. The quantitative estimate of drug-likeness (QED) is 0.192. The fourth-order valence-corrected chi connectivity index (χ4v) is 7.81. The second-order valence-corrected chi connectivity index (χ2v) is 12.6. The number of fused-ring (bicyclic) bond motifs is 1. The van der Waals surface area contributed by atoms with Crippen LogP contribution in [-0.4, -0.2) is 28.7 Å². The third-order valence-electron chi connectivity index (χ3n) is 6.67. The lowest BCUT2D eigenvalue weighted by Crippen LogP contribution is -2.40. The van der Waals surface area contributed by atoms with Crippen LogP contribution in [0, 0.1) is 7.14 Å². The highest BCUT2D eigenvalue weighted by Gasteiger charge is 2.33. The number of rotatable bonds is 8. The Morgan fingerprint density at radius 2 is 1.74 bits per heavy atom. The Morgan fingerprint density at radius 3 is 2.33 bits per heavy atom. The Kier molecular flexibility index (Phi) is 9.28. The monoisotopic (exact) mass is 806 g/mol. The molecule has 1 N–H and O–H groups in total. The summed E-state index contributed by atoms with van der Waals surface area (Å²) in [6, 6.07) is 19.2. The van der Waals surface area contributed by atoms with Gasteiger partial charge in [-0.1, -0.05) is 60.7 Å². The summed E-state index contributed by atoms with van der Waals surface area (Å²) in [6.45, 7) is 2.21. The van der Waals surface area contributed by atoms with Crippen molar-refractivity contribution in [3.05, 3.63) is 127 Å². The van der Waals surface area contributed by atoms with Gasteiger partial charge in [0, 0.05) is 0 Å². The number of esters is 1. The van der Waals surface area contributed by atoms with Crippen LogP contribution < -0.4 is 19.6 Å². The molecule has 214 valence electrons. The van der Waals surface area contributed by atoms with Gasteiger partial charge in [-0.3, -0.25) is 9.36 Å². The van der Waals surface area contributed by atoms with E-state index in [1.807, 2.05) is 55.5 Å². The van der Waals surface area contributed by atoms with Gasteiger partial charge >= 0.3 is 11.9 Å². The van der Waals surface area contributed by atoms with Gasteiger partial charge in [0.25, 0.3) is 5.56 Å². The van der Waals surface area contributed by atoms with Gasteiger partial charge in [-0.05, 0) is 98.6 Å². The molecule has 1 aliphatic heterocycles. The number of aromatic nitrogens is 1. The Morgan fingerprint density at radius 1 is 1.07 bits per heavy atom. The topological polar surface area (TPSA) is 107 Å². The predicted molar refractivity (Wildman–Crippen MR) is 176 cm³/mol. The number of carbonyl (C=O) groups is 2. The number of benzene rings is 3. The van der Waals surface area contributed by atoms with E-state index < -0.39 is 18.0 Å². The minimum Gasteiger partial charge on any atom is -0.487 e. The SMILES string of the molecule is CCC1=C(C(=O)OC)[C@H](c2ccccc2)n2c(s/c(=C\c3cc(I)c(OCc4ccc(C(=O)O)cc4)c(I)c3)c2=O)=N1. The molecule has 3 aromatic carbocycles. The highest BCUT2D eigenvalue weighted by Crippen LogP contribution is 2.32. The molecular formula is C31H24I2N2O6S. The number of methoxy groups -OCH3 is 1. The fourth-order valence-electron chi connectivity index (χ4n) is 4.67. The Bertz CT molecular complexity index is 1870. The standard InChI is InChI=1S/C31H24I2N2O6S/c1-3-23-25(30(39)40-2)26(19-7-5-4-6-8-19)35-28(36)24(42-31(35)34-23)15-18-13-21(32)27(22(33)14-18)41-16-17-9-11-20(12-10-17)29(37)38/h4-15,26H,3,16H2,1-2H3,(H,37,38)/b24-15-/t26-/m0/s1. The number of hydrogen-bond acceptors (Lipinski definition) is 7. The third-order valence-corrected chi connectivity index (χ3v) is 9.25. The van der Waals surface area contributed by atoms with E-state index >= 15 is 0 Å².